The number of hydrogen-bond donors (Lipinski definition) is 3. The van der Waals surface area contributed by atoms with Gasteiger partial charge in [0, 0.05) is 21.1 Å². The zero-order chi connectivity index (χ0) is 16.1. The monoisotopic (exact) mass is 414 g/mol. The van der Waals surface area contributed by atoms with Gasteiger partial charge in [-0.1, -0.05) is 13.8 Å². The van der Waals surface area contributed by atoms with Crippen molar-refractivity contribution < 1.29 is 9.90 Å². The number of hydrogen-bond acceptors (Lipinski definition) is 3. The van der Waals surface area contributed by atoms with Crippen LogP contribution in [0.25, 0.3) is 0 Å². The second-order valence-corrected chi connectivity index (χ2v) is 8.46. The van der Waals surface area contributed by atoms with Crippen molar-refractivity contribution >= 4 is 34.2 Å². The van der Waals surface area contributed by atoms with Crippen molar-refractivity contribution in [3.63, 3.8) is 0 Å². The van der Waals surface area contributed by atoms with Crippen molar-refractivity contribution in [1.29, 1.82) is 0 Å². The van der Waals surface area contributed by atoms with E-state index >= 15 is 0 Å². The number of amides is 1. The maximum Gasteiger partial charge on any atom is 0.221 e. The minimum absolute atomic E-state index is 0.0685. The van der Waals surface area contributed by atoms with E-state index in [9.17, 15) is 9.90 Å². The lowest BCUT2D eigenvalue weighted by atomic mass is 9.77. The van der Waals surface area contributed by atoms with Gasteiger partial charge in [0.15, 0.2) is 0 Å². The van der Waals surface area contributed by atoms with E-state index in [-0.39, 0.29) is 29.1 Å². The Bertz CT molecular complexity index is 573. The van der Waals surface area contributed by atoms with Gasteiger partial charge in [-0.2, -0.15) is 0 Å². The van der Waals surface area contributed by atoms with E-state index in [2.05, 4.69) is 41.8 Å². The van der Waals surface area contributed by atoms with E-state index in [1.807, 2.05) is 24.3 Å². The first-order valence-corrected chi connectivity index (χ1v) is 8.89. The Kier molecular flexibility index (Phi) is 4.14. The molecule has 22 heavy (non-hydrogen) atoms. The number of anilines is 1. The fraction of sp³-hybridized carbons (Fsp3) is 0.588. The highest BCUT2D eigenvalue weighted by atomic mass is 127. The normalized spacial score (nSPS) is 33.6. The Hall–Kier alpha value is -0.820. The molecular formula is C17H23IN2O2. The highest BCUT2D eigenvalue weighted by Gasteiger charge is 2.62. The van der Waals surface area contributed by atoms with Gasteiger partial charge in [-0.15, -0.1) is 0 Å². The van der Waals surface area contributed by atoms with Crippen LogP contribution in [0, 0.1) is 32.7 Å². The van der Waals surface area contributed by atoms with Gasteiger partial charge in [-0.3, -0.25) is 4.79 Å². The Morgan fingerprint density at radius 2 is 1.91 bits per heavy atom. The summed E-state index contributed by atoms with van der Waals surface area (Å²) in [5.41, 5.74) is 6.61. The molecular weight excluding hydrogens is 391 g/mol. The van der Waals surface area contributed by atoms with Gasteiger partial charge in [0.25, 0.3) is 0 Å². The summed E-state index contributed by atoms with van der Waals surface area (Å²) in [6, 6.07) is 7.88. The Morgan fingerprint density at radius 3 is 2.50 bits per heavy atom. The summed E-state index contributed by atoms with van der Waals surface area (Å²) in [6.45, 7) is 4.42. The van der Waals surface area contributed by atoms with Crippen LogP contribution in [0.4, 0.5) is 5.69 Å². The maximum atomic E-state index is 12.0. The van der Waals surface area contributed by atoms with Crippen molar-refractivity contribution in [3.05, 3.63) is 27.8 Å². The quantitative estimate of drug-likeness (QED) is 0.524. The molecule has 5 atom stereocenters. The van der Waals surface area contributed by atoms with Crippen molar-refractivity contribution in [3.8, 4) is 0 Å². The van der Waals surface area contributed by atoms with Crippen LogP contribution < -0.4 is 11.1 Å². The van der Waals surface area contributed by atoms with E-state index in [1.54, 1.807) is 0 Å². The summed E-state index contributed by atoms with van der Waals surface area (Å²) in [6.07, 6.45) is 1.36. The summed E-state index contributed by atoms with van der Waals surface area (Å²) in [7, 11) is 0. The third-order valence-electron chi connectivity index (χ3n) is 5.86. The van der Waals surface area contributed by atoms with Crippen LogP contribution in [0.15, 0.2) is 24.3 Å². The molecule has 2 fully saturated rings. The molecule has 1 aromatic rings. The number of primary amides is 1. The molecule has 120 valence electrons. The molecule has 3 rings (SSSR count). The first-order valence-electron chi connectivity index (χ1n) is 7.82. The van der Waals surface area contributed by atoms with E-state index in [0.717, 1.165) is 22.1 Å². The van der Waals surface area contributed by atoms with Crippen LogP contribution in [0.2, 0.25) is 0 Å². The molecule has 2 aliphatic rings. The first-order chi connectivity index (χ1) is 10.3. The van der Waals surface area contributed by atoms with Crippen LogP contribution >= 0.6 is 22.6 Å². The second kappa shape index (κ2) is 5.67. The largest absolute Gasteiger partial charge is 0.373 e. The van der Waals surface area contributed by atoms with E-state index < -0.39 is 6.23 Å². The zero-order valence-electron chi connectivity index (χ0n) is 12.9. The second-order valence-electron chi connectivity index (χ2n) is 7.21. The number of halogens is 1. The number of benzene rings is 1. The summed E-state index contributed by atoms with van der Waals surface area (Å²) in [4.78, 5) is 12.0. The number of rotatable bonds is 4. The molecule has 0 radical (unpaired) electrons. The highest BCUT2D eigenvalue weighted by Crippen LogP contribution is 2.63. The lowest BCUT2D eigenvalue weighted by molar-refractivity contribution is -0.127. The van der Waals surface area contributed by atoms with Crippen LogP contribution in [0.5, 0.6) is 0 Å². The molecule has 0 spiro atoms. The first kappa shape index (κ1) is 16.1. The van der Waals surface area contributed by atoms with E-state index in [0.29, 0.717) is 5.92 Å². The van der Waals surface area contributed by atoms with Gasteiger partial charge in [0.2, 0.25) is 5.91 Å². The predicted octanol–water partition coefficient (Wildman–Crippen LogP) is 2.81. The molecule has 1 aromatic carbocycles. The number of carbonyl (C=O) groups excluding carboxylic acids is 1. The molecule has 0 saturated heterocycles. The maximum absolute atomic E-state index is 12.0. The minimum Gasteiger partial charge on any atom is -0.373 e. The number of aliphatic hydroxyl groups excluding tert-OH is 1. The van der Waals surface area contributed by atoms with E-state index in [4.69, 9.17) is 5.73 Å². The van der Waals surface area contributed by atoms with Gasteiger partial charge in [0.05, 0.1) is 0 Å². The average molecular weight is 414 g/mol. The molecule has 5 heteroatoms. The predicted molar refractivity (Wildman–Crippen MR) is 95.0 cm³/mol. The summed E-state index contributed by atoms with van der Waals surface area (Å²) in [5.74, 6) is 0.00822. The number of nitrogens with two attached hydrogens (primary N) is 1. The minimum atomic E-state index is -0.743. The molecule has 0 aliphatic heterocycles. The molecule has 4 N–H and O–H groups in total. The van der Waals surface area contributed by atoms with Crippen molar-refractivity contribution in [2.45, 2.75) is 32.9 Å². The lowest BCUT2D eigenvalue weighted by Gasteiger charge is -2.33. The molecule has 0 aromatic heterocycles. The number of aliphatic hydroxyl groups is 1. The smallest absolute Gasteiger partial charge is 0.221 e. The zero-order valence-corrected chi connectivity index (χ0v) is 15.1. The van der Waals surface area contributed by atoms with Gasteiger partial charge >= 0.3 is 0 Å². The molecule has 4 nitrogen and oxygen atoms in total. The van der Waals surface area contributed by atoms with Gasteiger partial charge in [0.1, 0.15) is 6.23 Å². The SMILES string of the molecule is CC1(C)C2CCC1C(C(O)Nc1ccc(I)cc1)C2C(N)=O. The number of nitrogens with one attached hydrogen (secondary N) is 1. The number of carbonyl (C=O) groups is 1. The molecule has 2 bridgehead atoms. The van der Waals surface area contributed by atoms with Crippen molar-refractivity contribution in [2.24, 2.45) is 34.8 Å². The average Bonchev–Trinajstić information content (AvgIpc) is 2.87. The lowest BCUT2D eigenvalue weighted by Crippen LogP contribution is -2.43. The van der Waals surface area contributed by atoms with Crippen LogP contribution in [-0.4, -0.2) is 17.2 Å². The van der Waals surface area contributed by atoms with Gasteiger partial charge in [-0.25, -0.2) is 0 Å². The molecule has 5 unspecified atom stereocenters. The Morgan fingerprint density at radius 1 is 1.32 bits per heavy atom. The molecule has 0 heterocycles. The van der Waals surface area contributed by atoms with Crippen LogP contribution in [-0.2, 0) is 4.79 Å². The topological polar surface area (TPSA) is 75.3 Å². The van der Waals surface area contributed by atoms with Gasteiger partial charge in [-0.05, 0) is 76.9 Å². The fourth-order valence-electron chi connectivity index (χ4n) is 4.84. The Labute approximate surface area is 145 Å². The molecule has 1 amide bonds. The Balaban J connectivity index is 1.83. The van der Waals surface area contributed by atoms with Crippen molar-refractivity contribution in [1.82, 2.24) is 0 Å². The number of fused-ring (bicyclic) bond motifs is 2. The molecule has 2 aliphatic carbocycles. The van der Waals surface area contributed by atoms with Crippen molar-refractivity contribution in [2.75, 3.05) is 5.32 Å². The fourth-order valence-corrected chi connectivity index (χ4v) is 5.20. The van der Waals surface area contributed by atoms with E-state index in [1.165, 1.54) is 0 Å². The van der Waals surface area contributed by atoms with Crippen LogP contribution in [0.3, 0.4) is 0 Å². The highest BCUT2D eigenvalue weighted by molar-refractivity contribution is 14.1. The third-order valence-corrected chi connectivity index (χ3v) is 6.58. The summed E-state index contributed by atoms with van der Waals surface area (Å²) >= 11 is 2.25. The summed E-state index contributed by atoms with van der Waals surface area (Å²) in [5, 5.41) is 13.9. The standard InChI is InChI=1S/C17H23IN2O2/c1-17(2)11-7-8-12(17)14(13(11)15(19)21)16(22)20-10-5-3-9(18)4-6-10/h3-6,11-14,16,20,22H,7-8H2,1-2H3,(H2,19,21). The summed E-state index contributed by atoms with van der Waals surface area (Å²) < 4.78 is 1.15. The van der Waals surface area contributed by atoms with Crippen LogP contribution in [0.1, 0.15) is 26.7 Å². The van der Waals surface area contributed by atoms with Gasteiger partial charge < -0.3 is 16.2 Å². The third kappa shape index (κ3) is 2.52. The molecule has 2 saturated carbocycles.